The predicted molar refractivity (Wildman–Crippen MR) is 105 cm³/mol. The van der Waals surface area contributed by atoms with Crippen molar-refractivity contribution in [3.8, 4) is 23.0 Å². The summed E-state index contributed by atoms with van der Waals surface area (Å²) in [4.78, 5) is 13.0. The molecular weight excluding hydrogens is 334 g/mol. The first-order chi connectivity index (χ1) is 13.1. The fraction of sp³-hybridized carbons (Fsp3) is 0.182. The van der Waals surface area contributed by atoms with E-state index >= 15 is 0 Å². The molecule has 27 heavy (non-hydrogen) atoms. The Balaban J connectivity index is 1.68. The second kappa shape index (κ2) is 7.00. The van der Waals surface area contributed by atoms with E-state index in [1.54, 1.807) is 12.4 Å². The van der Waals surface area contributed by atoms with Gasteiger partial charge in [0, 0.05) is 36.1 Å². The minimum Gasteiger partial charge on any atom is -0.363 e. The maximum atomic E-state index is 8.30. The molecule has 2 aromatic heterocycles. The van der Waals surface area contributed by atoms with Crippen molar-refractivity contribution in [3.63, 3.8) is 0 Å². The van der Waals surface area contributed by atoms with Gasteiger partial charge in [-0.3, -0.25) is 10.4 Å². The van der Waals surface area contributed by atoms with Crippen LogP contribution in [0.4, 0.5) is 0 Å². The van der Waals surface area contributed by atoms with Crippen LogP contribution in [0.3, 0.4) is 0 Å². The standard InChI is InChI=1S/C22H19N5/c1-3-5-15-8-18(12-24-11-15)16-6-4-7-17(9-16)20-10-21-19(22(23)27-20)13-25-14(2)26-21/h4,6-9,11-13,20H,10H2,1-2H3,(H2,23,27). The number of fused-ring (bicyclic) bond motifs is 1. The zero-order chi connectivity index (χ0) is 18.8. The number of hydrogen-bond donors (Lipinski definition) is 2. The van der Waals surface area contributed by atoms with Crippen molar-refractivity contribution < 1.29 is 0 Å². The van der Waals surface area contributed by atoms with Crippen LogP contribution in [0.1, 0.15) is 41.2 Å². The Kier molecular flexibility index (Phi) is 4.39. The molecule has 1 aliphatic heterocycles. The largest absolute Gasteiger partial charge is 0.363 e. The van der Waals surface area contributed by atoms with E-state index in [9.17, 15) is 0 Å². The fourth-order valence-corrected chi connectivity index (χ4v) is 3.32. The van der Waals surface area contributed by atoms with Crippen molar-refractivity contribution >= 4 is 5.84 Å². The first kappa shape index (κ1) is 16.9. The number of aromatic nitrogens is 3. The van der Waals surface area contributed by atoms with Gasteiger partial charge in [0.2, 0.25) is 0 Å². The Bertz CT molecular complexity index is 1090. The quantitative estimate of drug-likeness (QED) is 0.692. The van der Waals surface area contributed by atoms with Gasteiger partial charge in [0.05, 0.1) is 17.3 Å². The monoisotopic (exact) mass is 353 g/mol. The van der Waals surface area contributed by atoms with Crippen molar-refractivity contribution in [1.29, 1.82) is 5.41 Å². The van der Waals surface area contributed by atoms with Crippen LogP contribution in [0.15, 0.2) is 48.9 Å². The van der Waals surface area contributed by atoms with E-state index in [0.29, 0.717) is 5.84 Å². The smallest absolute Gasteiger partial charge is 0.129 e. The molecule has 0 fully saturated rings. The van der Waals surface area contributed by atoms with Crippen LogP contribution in [0, 0.1) is 24.2 Å². The third-order valence-electron chi connectivity index (χ3n) is 4.60. The van der Waals surface area contributed by atoms with E-state index < -0.39 is 0 Å². The van der Waals surface area contributed by atoms with Gasteiger partial charge in [0.25, 0.3) is 0 Å². The first-order valence-electron chi connectivity index (χ1n) is 8.80. The average molecular weight is 353 g/mol. The molecule has 0 saturated carbocycles. The van der Waals surface area contributed by atoms with Crippen molar-refractivity contribution in [3.05, 3.63) is 77.1 Å². The molecular formula is C22H19N5. The van der Waals surface area contributed by atoms with E-state index in [2.05, 4.69) is 50.3 Å². The summed E-state index contributed by atoms with van der Waals surface area (Å²) in [6, 6.07) is 10.4. The van der Waals surface area contributed by atoms with Crippen LogP contribution in [-0.4, -0.2) is 20.8 Å². The molecule has 5 nitrogen and oxygen atoms in total. The molecule has 0 bridgehead atoms. The molecule has 0 aliphatic carbocycles. The van der Waals surface area contributed by atoms with Crippen molar-refractivity contribution in [2.45, 2.75) is 26.3 Å². The van der Waals surface area contributed by atoms with Crippen molar-refractivity contribution in [2.75, 3.05) is 0 Å². The summed E-state index contributed by atoms with van der Waals surface area (Å²) in [7, 11) is 0. The van der Waals surface area contributed by atoms with Crippen molar-refractivity contribution in [2.24, 2.45) is 0 Å². The Morgan fingerprint density at radius 3 is 2.89 bits per heavy atom. The van der Waals surface area contributed by atoms with Crippen LogP contribution >= 0.6 is 0 Å². The van der Waals surface area contributed by atoms with Crippen molar-refractivity contribution in [1.82, 2.24) is 20.3 Å². The van der Waals surface area contributed by atoms with Gasteiger partial charge in [-0.15, -0.1) is 5.92 Å². The first-order valence-corrected chi connectivity index (χ1v) is 8.80. The second-order valence-electron chi connectivity index (χ2n) is 6.52. The van der Waals surface area contributed by atoms with Crippen LogP contribution < -0.4 is 5.32 Å². The predicted octanol–water partition coefficient (Wildman–Crippen LogP) is 3.43. The lowest BCUT2D eigenvalue weighted by molar-refractivity contribution is 0.609. The maximum absolute atomic E-state index is 8.30. The highest BCUT2D eigenvalue weighted by Gasteiger charge is 2.25. The average Bonchev–Trinajstić information content (AvgIpc) is 2.68. The zero-order valence-corrected chi connectivity index (χ0v) is 15.2. The molecule has 1 atom stereocenters. The Morgan fingerprint density at radius 1 is 1.15 bits per heavy atom. The SMILES string of the molecule is CC#Cc1cncc(-c2cccc(C3Cc4nc(C)ncc4C(=N)N3)c2)c1. The highest BCUT2D eigenvalue weighted by atomic mass is 15.0. The highest BCUT2D eigenvalue weighted by molar-refractivity contribution is 5.98. The lowest BCUT2D eigenvalue weighted by Crippen LogP contribution is -2.36. The van der Waals surface area contributed by atoms with E-state index in [0.717, 1.165) is 45.8 Å². The van der Waals surface area contributed by atoms with Gasteiger partial charge in [-0.25, -0.2) is 9.97 Å². The van der Waals surface area contributed by atoms with E-state index in [-0.39, 0.29) is 6.04 Å². The summed E-state index contributed by atoms with van der Waals surface area (Å²) < 4.78 is 0. The minimum atomic E-state index is 0.00539. The Labute approximate surface area is 158 Å². The lowest BCUT2D eigenvalue weighted by Gasteiger charge is -2.27. The summed E-state index contributed by atoms with van der Waals surface area (Å²) in [5.74, 6) is 7.06. The molecule has 132 valence electrons. The van der Waals surface area contributed by atoms with Gasteiger partial charge in [-0.1, -0.05) is 24.1 Å². The molecule has 3 heterocycles. The molecule has 0 amide bonds. The number of nitrogens with zero attached hydrogens (tertiary/aromatic N) is 3. The van der Waals surface area contributed by atoms with E-state index in [1.165, 1.54) is 0 Å². The number of aryl methyl sites for hydroxylation is 1. The topological polar surface area (TPSA) is 74.5 Å². The number of pyridine rings is 1. The maximum Gasteiger partial charge on any atom is 0.129 e. The molecule has 0 saturated heterocycles. The number of nitrogens with one attached hydrogen (secondary N) is 2. The highest BCUT2D eigenvalue weighted by Crippen LogP contribution is 2.28. The number of amidine groups is 1. The van der Waals surface area contributed by atoms with Gasteiger partial charge in [-0.05, 0) is 37.1 Å². The van der Waals surface area contributed by atoms with Gasteiger partial charge in [-0.2, -0.15) is 0 Å². The van der Waals surface area contributed by atoms with Crippen LogP contribution in [0.25, 0.3) is 11.1 Å². The number of rotatable bonds is 2. The Hall–Kier alpha value is -3.52. The van der Waals surface area contributed by atoms with Gasteiger partial charge in [0.1, 0.15) is 11.7 Å². The third-order valence-corrected chi connectivity index (χ3v) is 4.60. The number of benzene rings is 1. The molecule has 2 N–H and O–H groups in total. The molecule has 1 aromatic carbocycles. The summed E-state index contributed by atoms with van der Waals surface area (Å²) in [6.07, 6.45) is 6.07. The summed E-state index contributed by atoms with van der Waals surface area (Å²) >= 11 is 0. The summed E-state index contributed by atoms with van der Waals surface area (Å²) in [5.41, 5.74) is 5.83. The zero-order valence-electron chi connectivity index (χ0n) is 15.2. The molecule has 0 spiro atoms. The van der Waals surface area contributed by atoms with Gasteiger partial charge < -0.3 is 5.32 Å². The molecule has 3 aromatic rings. The molecule has 4 rings (SSSR count). The molecule has 5 heteroatoms. The third kappa shape index (κ3) is 3.42. The minimum absolute atomic E-state index is 0.00539. The summed E-state index contributed by atoms with van der Waals surface area (Å²) in [6.45, 7) is 3.70. The van der Waals surface area contributed by atoms with E-state index in [1.807, 2.05) is 32.2 Å². The Morgan fingerprint density at radius 2 is 2.04 bits per heavy atom. The van der Waals surface area contributed by atoms with Crippen LogP contribution in [-0.2, 0) is 6.42 Å². The fourth-order valence-electron chi connectivity index (χ4n) is 3.32. The van der Waals surface area contributed by atoms with Crippen LogP contribution in [0.2, 0.25) is 0 Å². The lowest BCUT2D eigenvalue weighted by atomic mass is 9.93. The second-order valence-corrected chi connectivity index (χ2v) is 6.52. The van der Waals surface area contributed by atoms with Gasteiger partial charge >= 0.3 is 0 Å². The number of hydrogen-bond acceptors (Lipinski definition) is 4. The molecule has 1 unspecified atom stereocenters. The normalized spacial score (nSPS) is 15.3. The summed E-state index contributed by atoms with van der Waals surface area (Å²) in [5, 5.41) is 11.6. The van der Waals surface area contributed by atoms with Gasteiger partial charge in [0.15, 0.2) is 0 Å². The molecule has 1 aliphatic rings. The molecule has 0 radical (unpaired) electrons. The van der Waals surface area contributed by atoms with E-state index in [4.69, 9.17) is 5.41 Å². The van der Waals surface area contributed by atoms with Crippen LogP contribution in [0.5, 0.6) is 0 Å².